The molecule has 1 unspecified atom stereocenters. The van der Waals surface area contributed by atoms with Gasteiger partial charge < -0.3 is 9.84 Å². The monoisotopic (exact) mass is 262 g/mol. The predicted molar refractivity (Wildman–Crippen MR) is 66.1 cm³/mol. The van der Waals surface area contributed by atoms with Crippen molar-refractivity contribution in [2.75, 3.05) is 6.61 Å². The summed E-state index contributed by atoms with van der Waals surface area (Å²) < 4.78 is 32.6. The molecule has 0 aliphatic carbocycles. The summed E-state index contributed by atoms with van der Waals surface area (Å²) in [6.45, 7) is 0.600. The summed E-state index contributed by atoms with van der Waals surface area (Å²) in [7, 11) is 0. The molecule has 2 aromatic rings. The molecule has 98 valence electrons. The Kier molecular flexibility index (Phi) is 2.95. The highest BCUT2D eigenvalue weighted by atomic mass is 19.1. The van der Waals surface area contributed by atoms with Crippen molar-refractivity contribution in [3.63, 3.8) is 0 Å². The Balaban J connectivity index is 2.02. The van der Waals surface area contributed by atoms with Crippen molar-refractivity contribution in [3.8, 4) is 5.75 Å². The third-order valence-corrected chi connectivity index (χ3v) is 3.30. The van der Waals surface area contributed by atoms with Crippen LogP contribution < -0.4 is 4.74 Å². The molecule has 2 aromatic carbocycles. The van der Waals surface area contributed by atoms with Crippen LogP contribution in [0.25, 0.3) is 0 Å². The average molecular weight is 262 g/mol. The van der Waals surface area contributed by atoms with Gasteiger partial charge in [0.1, 0.15) is 23.5 Å². The molecule has 0 bridgehead atoms. The highest BCUT2D eigenvalue weighted by Gasteiger charge is 2.21. The van der Waals surface area contributed by atoms with Gasteiger partial charge in [0.15, 0.2) is 0 Å². The summed E-state index contributed by atoms with van der Waals surface area (Å²) in [5.74, 6) is -0.724. The normalized spacial score (nSPS) is 14.9. The van der Waals surface area contributed by atoms with Crippen molar-refractivity contribution in [3.05, 3.63) is 64.7 Å². The molecule has 1 aliphatic rings. The Morgan fingerprint density at radius 2 is 1.84 bits per heavy atom. The van der Waals surface area contributed by atoms with Gasteiger partial charge in [-0.2, -0.15) is 0 Å². The molecule has 0 amide bonds. The lowest BCUT2D eigenvalue weighted by molar-refractivity contribution is 0.209. The second-order valence-corrected chi connectivity index (χ2v) is 4.50. The Morgan fingerprint density at radius 3 is 2.58 bits per heavy atom. The van der Waals surface area contributed by atoms with Crippen molar-refractivity contribution >= 4 is 0 Å². The number of halogens is 2. The fourth-order valence-electron chi connectivity index (χ4n) is 2.32. The number of aliphatic hydroxyl groups excluding tert-OH is 1. The van der Waals surface area contributed by atoms with Gasteiger partial charge in [0.25, 0.3) is 0 Å². The molecular formula is C15H12F2O2. The maximum Gasteiger partial charge on any atom is 0.132 e. The van der Waals surface area contributed by atoms with Crippen LogP contribution in [0.5, 0.6) is 5.75 Å². The van der Waals surface area contributed by atoms with Crippen LogP contribution in [-0.4, -0.2) is 11.7 Å². The van der Waals surface area contributed by atoms with E-state index < -0.39 is 17.7 Å². The standard InChI is InChI=1S/C15H12F2O2/c16-11-2-1-3-12(17)14(11)15(18)10-4-5-13-9(8-10)6-7-19-13/h1-5,8,15,18H,6-7H2. The SMILES string of the molecule is OC(c1ccc2c(c1)CCO2)c1c(F)cccc1F. The van der Waals surface area contributed by atoms with Crippen LogP contribution >= 0.6 is 0 Å². The molecular weight excluding hydrogens is 250 g/mol. The van der Waals surface area contributed by atoms with Crippen LogP contribution in [0.3, 0.4) is 0 Å². The maximum atomic E-state index is 13.6. The molecule has 3 rings (SSSR count). The molecule has 19 heavy (non-hydrogen) atoms. The lowest BCUT2D eigenvalue weighted by Crippen LogP contribution is -2.06. The number of hydrogen-bond donors (Lipinski definition) is 1. The molecule has 2 nitrogen and oxygen atoms in total. The predicted octanol–water partition coefficient (Wildman–Crippen LogP) is 2.98. The zero-order valence-electron chi connectivity index (χ0n) is 10.1. The summed E-state index contributed by atoms with van der Waals surface area (Å²) in [4.78, 5) is 0. The largest absolute Gasteiger partial charge is 0.493 e. The summed E-state index contributed by atoms with van der Waals surface area (Å²) in [6.07, 6.45) is -0.567. The molecule has 4 heteroatoms. The van der Waals surface area contributed by atoms with Gasteiger partial charge in [-0.05, 0) is 35.4 Å². The number of ether oxygens (including phenoxy) is 1. The summed E-state index contributed by atoms with van der Waals surface area (Å²) in [5, 5.41) is 10.2. The van der Waals surface area contributed by atoms with E-state index in [0.717, 1.165) is 29.9 Å². The smallest absolute Gasteiger partial charge is 0.132 e. The van der Waals surface area contributed by atoms with Crippen LogP contribution in [0.1, 0.15) is 22.8 Å². The first-order chi connectivity index (χ1) is 9.16. The molecule has 1 N–H and O–H groups in total. The summed E-state index contributed by atoms with van der Waals surface area (Å²) >= 11 is 0. The molecule has 0 saturated heterocycles. The Morgan fingerprint density at radius 1 is 1.11 bits per heavy atom. The van der Waals surface area contributed by atoms with Crippen LogP contribution in [0, 0.1) is 11.6 Å². The first-order valence-electron chi connectivity index (χ1n) is 6.04. The quantitative estimate of drug-likeness (QED) is 0.901. The third-order valence-electron chi connectivity index (χ3n) is 3.30. The van der Waals surface area contributed by atoms with Gasteiger partial charge in [-0.1, -0.05) is 12.1 Å². The van der Waals surface area contributed by atoms with Crippen molar-refractivity contribution in [1.82, 2.24) is 0 Å². The van der Waals surface area contributed by atoms with Gasteiger partial charge >= 0.3 is 0 Å². The van der Waals surface area contributed by atoms with Crippen LogP contribution in [0.4, 0.5) is 8.78 Å². The number of hydrogen-bond acceptors (Lipinski definition) is 2. The van der Waals surface area contributed by atoms with E-state index in [0.29, 0.717) is 12.2 Å². The van der Waals surface area contributed by atoms with Crippen molar-refractivity contribution in [2.45, 2.75) is 12.5 Å². The third kappa shape index (κ3) is 2.08. The highest BCUT2D eigenvalue weighted by molar-refractivity contribution is 5.43. The van der Waals surface area contributed by atoms with Gasteiger partial charge in [0.05, 0.1) is 12.2 Å². The average Bonchev–Trinajstić information content (AvgIpc) is 2.85. The minimum absolute atomic E-state index is 0.318. The van der Waals surface area contributed by atoms with Gasteiger partial charge in [0.2, 0.25) is 0 Å². The van der Waals surface area contributed by atoms with Crippen LogP contribution in [0.2, 0.25) is 0 Å². The number of rotatable bonds is 2. The number of fused-ring (bicyclic) bond motifs is 1. The van der Waals surface area contributed by atoms with E-state index in [4.69, 9.17) is 4.74 Å². The second-order valence-electron chi connectivity index (χ2n) is 4.50. The van der Waals surface area contributed by atoms with Gasteiger partial charge in [-0.15, -0.1) is 0 Å². The molecule has 1 aliphatic heterocycles. The molecule has 0 radical (unpaired) electrons. The Hall–Kier alpha value is -1.94. The zero-order chi connectivity index (χ0) is 13.4. The van der Waals surface area contributed by atoms with Crippen LogP contribution in [-0.2, 0) is 6.42 Å². The number of benzene rings is 2. The first kappa shape index (κ1) is 12.1. The van der Waals surface area contributed by atoms with Gasteiger partial charge in [-0.25, -0.2) is 8.78 Å². The van der Waals surface area contributed by atoms with Crippen molar-refractivity contribution in [2.24, 2.45) is 0 Å². The molecule has 1 heterocycles. The molecule has 0 aromatic heterocycles. The molecule has 0 fully saturated rings. The van der Waals surface area contributed by atoms with E-state index in [1.54, 1.807) is 18.2 Å². The summed E-state index contributed by atoms with van der Waals surface area (Å²) in [5.41, 5.74) is 1.10. The molecule has 0 saturated carbocycles. The second kappa shape index (κ2) is 4.63. The van der Waals surface area contributed by atoms with E-state index in [1.165, 1.54) is 6.07 Å². The Labute approximate surface area is 109 Å². The van der Waals surface area contributed by atoms with E-state index in [9.17, 15) is 13.9 Å². The van der Waals surface area contributed by atoms with E-state index in [1.807, 2.05) is 0 Å². The molecule has 0 spiro atoms. The van der Waals surface area contributed by atoms with E-state index >= 15 is 0 Å². The highest BCUT2D eigenvalue weighted by Crippen LogP contribution is 2.32. The maximum absolute atomic E-state index is 13.6. The first-order valence-corrected chi connectivity index (χ1v) is 6.04. The minimum atomic E-state index is -1.31. The number of aliphatic hydroxyl groups is 1. The summed E-state index contributed by atoms with van der Waals surface area (Å²) in [6, 6.07) is 8.63. The fourth-order valence-corrected chi connectivity index (χ4v) is 2.32. The van der Waals surface area contributed by atoms with Crippen molar-refractivity contribution < 1.29 is 18.6 Å². The lowest BCUT2D eigenvalue weighted by Gasteiger charge is -2.14. The van der Waals surface area contributed by atoms with Gasteiger partial charge in [-0.3, -0.25) is 0 Å². The fraction of sp³-hybridized carbons (Fsp3) is 0.200. The minimum Gasteiger partial charge on any atom is -0.493 e. The zero-order valence-corrected chi connectivity index (χ0v) is 10.1. The van der Waals surface area contributed by atoms with Gasteiger partial charge in [0, 0.05) is 6.42 Å². The topological polar surface area (TPSA) is 29.5 Å². The van der Waals surface area contributed by atoms with E-state index in [-0.39, 0.29) is 5.56 Å². The van der Waals surface area contributed by atoms with E-state index in [2.05, 4.69) is 0 Å². The Bertz CT molecular complexity index is 605. The lowest BCUT2D eigenvalue weighted by atomic mass is 9.98. The molecule has 1 atom stereocenters. The van der Waals surface area contributed by atoms with Crippen molar-refractivity contribution in [1.29, 1.82) is 0 Å². The van der Waals surface area contributed by atoms with Crippen LogP contribution in [0.15, 0.2) is 36.4 Å².